The molecule has 1 fully saturated rings. The van der Waals surface area contributed by atoms with Crippen LogP contribution in [0.4, 0.5) is 0 Å². The van der Waals surface area contributed by atoms with Gasteiger partial charge in [0, 0.05) is 46.9 Å². The second-order valence-corrected chi connectivity index (χ2v) is 5.19. The number of piperazine rings is 1. The summed E-state index contributed by atoms with van der Waals surface area (Å²) < 4.78 is 10.9. The van der Waals surface area contributed by atoms with Gasteiger partial charge in [-0.05, 0) is 19.9 Å². The number of hydrogen-bond acceptors (Lipinski definition) is 5. The summed E-state index contributed by atoms with van der Waals surface area (Å²) in [6, 6.07) is 0. The van der Waals surface area contributed by atoms with Gasteiger partial charge < -0.3 is 20.1 Å². The Kier molecular flexibility index (Phi) is 6.52. The zero-order valence-corrected chi connectivity index (χ0v) is 12.3. The molecule has 1 rings (SSSR count). The molecule has 1 unspecified atom stereocenters. The molecule has 5 nitrogen and oxygen atoms in total. The van der Waals surface area contributed by atoms with Crippen LogP contribution in [-0.4, -0.2) is 75.1 Å². The first kappa shape index (κ1) is 15.9. The molecule has 5 heteroatoms. The second-order valence-electron chi connectivity index (χ2n) is 5.19. The molecule has 0 amide bonds. The lowest BCUT2D eigenvalue weighted by Crippen LogP contribution is -2.64. The van der Waals surface area contributed by atoms with Gasteiger partial charge in [0.25, 0.3) is 0 Å². The van der Waals surface area contributed by atoms with Crippen molar-refractivity contribution in [2.24, 2.45) is 5.73 Å². The van der Waals surface area contributed by atoms with Crippen molar-refractivity contribution in [3.05, 3.63) is 0 Å². The van der Waals surface area contributed by atoms with Crippen LogP contribution in [0.15, 0.2) is 0 Å². The molecule has 0 saturated carbocycles. The van der Waals surface area contributed by atoms with E-state index in [-0.39, 0.29) is 11.8 Å². The van der Waals surface area contributed by atoms with E-state index < -0.39 is 0 Å². The highest BCUT2D eigenvalue weighted by Crippen LogP contribution is 2.23. The van der Waals surface area contributed by atoms with E-state index in [9.17, 15) is 0 Å². The van der Waals surface area contributed by atoms with E-state index >= 15 is 0 Å². The number of nitrogens with zero attached hydrogens (tertiary/aromatic N) is 2. The summed E-state index contributed by atoms with van der Waals surface area (Å²) in [5.74, 6) is 0. The summed E-state index contributed by atoms with van der Waals surface area (Å²) >= 11 is 0. The largest absolute Gasteiger partial charge is 0.354 e. The van der Waals surface area contributed by atoms with E-state index in [0.717, 1.165) is 26.2 Å². The van der Waals surface area contributed by atoms with Gasteiger partial charge in [-0.25, -0.2) is 0 Å². The highest BCUT2D eigenvalue weighted by atomic mass is 16.7. The van der Waals surface area contributed by atoms with Gasteiger partial charge in [-0.3, -0.25) is 4.90 Å². The fourth-order valence-electron chi connectivity index (χ4n) is 2.78. The minimum Gasteiger partial charge on any atom is -0.354 e. The van der Waals surface area contributed by atoms with E-state index in [1.165, 1.54) is 13.0 Å². The minimum atomic E-state index is -0.278. The number of rotatable bonds is 7. The molecule has 0 spiro atoms. The van der Waals surface area contributed by atoms with Gasteiger partial charge in [0.05, 0.1) is 5.54 Å². The zero-order valence-electron chi connectivity index (χ0n) is 12.3. The normalized spacial score (nSPS) is 22.3. The smallest absolute Gasteiger partial charge is 0.176 e. The maximum absolute atomic E-state index is 5.97. The molecule has 1 heterocycles. The van der Waals surface area contributed by atoms with E-state index in [2.05, 4.69) is 23.6 Å². The SMILES string of the molecule is CCCN1CCN(C(C)(CN)C(OC)OC)CC1. The molecule has 0 bridgehead atoms. The number of nitrogens with two attached hydrogens (primary N) is 1. The Morgan fingerprint density at radius 1 is 1.17 bits per heavy atom. The monoisotopic (exact) mass is 259 g/mol. The zero-order chi connectivity index (χ0) is 13.6. The van der Waals surface area contributed by atoms with Crippen molar-refractivity contribution < 1.29 is 9.47 Å². The van der Waals surface area contributed by atoms with Crippen molar-refractivity contribution in [2.75, 3.05) is 53.5 Å². The van der Waals surface area contributed by atoms with Crippen molar-refractivity contribution in [1.29, 1.82) is 0 Å². The quantitative estimate of drug-likeness (QED) is 0.669. The maximum atomic E-state index is 5.97. The van der Waals surface area contributed by atoms with Crippen molar-refractivity contribution in [2.45, 2.75) is 32.1 Å². The third kappa shape index (κ3) is 3.42. The van der Waals surface area contributed by atoms with Crippen LogP contribution in [0.5, 0.6) is 0 Å². The summed E-state index contributed by atoms with van der Waals surface area (Å²) in [6.45, 7) is 10.3. The Labute approximate surface area is 111 Å². The molecule has 0 aromatic carbocycles. The van der Waals surface area contributed by atoms with Crippen LogP contribution in [0.1, 0.15) is 20.3 Å². The van der Waals surface area contributed by atoms with Crippen molar-refractivity contribution in [3.63, 3.8) is 0 Å². The Balaban J connectivity index is 2.62. The summed E-state index contributed by atoms with van der Waals surface area (Å²) in [7, 11) is 3.35. The molecule has 0 aromatic heterocycles. The van der Waals surface area contributed by atoms with Crippen LogP contribution >= 0.6 is 0 Å². The van der Waals surface area contributed by atoms with E-state index in [0.29, 0.717) is 6.54 Å². The minimum absolute atomic E-state index is 0.248. The van der Waals surface area contributed by atoms with Crippen molar-refractivity contribution in [1.82, 2.24) is 9.80 Å². The van der Waals surface area contributed by atoms with Gasteiger partial charge >= 0.3 is 0 Å². The van der Waals surface area contributed by atoms with Gasteiger partial charge in [0.15, 0.2) is 6.29 Å². The molecule has 0 radical (unpaired) electrons. The highest BCUT2D eigenvalue weighted by Gasteiger charge is 2.40. The molecule has 1 atom stereocenters. The van der Waals surface area contributed by atoms with Crippen LogP contribution in [0.3, 0.4) is 0 Å². The Morgan fingerprint density at radius 2 is 1.72 bits per heavy atom. The fourth-order valence-corrected chi connectivity index (χ4v) is 2.78. The molecule has 1 saturated heterocycles. The molecular weight excluding hydrogens is 230 g/mol. The molecule has 2 N–H and O–H groups in total. The summed E-state index contributed by atoms with van der Waals surface area (Å²) in [4.78, 5) is 4.90. The van der Waals surface area contributed by atoms with Crippen LogP contribution in [-0.2, 0) is 9.47 Å². The van der Waals surface area contributed by atoms with Crippen molar-refractivity contribution >= 4 is 0 Å². The van der Waals surface area contributed by atoms with Gasteiger partial charge in [0.2, 0.25) is 0 Å². The summed E-state index contributed by atoms with van der Waals surface area (Å²) in [5, 5.41) is 0. The van der Waals surface area contributed by atoms with Gasteiger partial charge in [-0.15, -0.1) is 0 Å². The van der Waals surface area contributed by atoms with Crippen LogP contribution in [0.2, 0.25) is 0 Å². The van der Waals surface area contributed by atoms with Gasteiger partial charge in [-0.1, -0.05) is 6.92 Å². The average molecular weight is 259 g/mol. The number of ether oxygens (including phenoxy) is 2. The van der Waals surface area contributed by atoms with Crippen LogP contribution in [0.25, 0.3) is 0 Å². The lowest BCUT2D eigenvalue weighted by Gasteiger charge is -2.47. The molecule has 1 aliphatic rings. The first-order chi connectivity index (χ1) is 8.62. The predicted octanol–water partition coefficient (Wildman–Crippen LogP) is 0.350. The number of hydrogen-bond donors (Lipinski definition) is 1. The predicted molar refractivity (Wildman–Crippen MR) is 73.6 cm³/mol. The third-order valence-electron chi connectivity index (χ3n) is 3.98. The topological polar surface area (TPSA) is 51.0 Å². The molecule has 1 aliphatic heterocycles. The van der Waals surface area contributed by atoms with E-state index in [4.69, 9.17) is 15.2 Å². The van der Waals surface area contributed by atoms with Crippen LogP contribution in [0, 0.1) is 0 Å². The standard InChI is InChI=1S/C13H29N3O2/c1-5-6-15-7-9-16(10-8-15)13(2,11-14)12(17-3)18-4/h12H,5-11,14H2,1-4H3. The molecule has 18 heavy (non-hydrogen) atoms. The first-order valence-corrected chi connectivity index (χ1v) is 6.85. The summed E-state index contributed by atoms with van der Waals surface area (Å²) in [6.07, 6.45) is 0.938. The first-order valence-electron chi connectivity index (χ1n) is 6.85. The highest BCUT2D eigenvalue weighted by molar-refractivity contribution is 4.93. The van der Waals surface area contributed by atoms with Crippen molar-refractivity contribution in [3.8, 4) is 0 Å². The molecule has 0 aromatic rings. The molecule has 0 aliphatic carbocycles. The molecule has 108 valence electrons. The average Bonchev–Trinajstić information content (AvgIpc) is 2.41. The lowest BCUT2D eigenvalue weighted by molar-refractivity contribution is -0.185. The maximum Gasteiger partial charge on any atom is 0.176 e. The Morgan fingerprint density at radius 3 is 2.11 bits per heavy atom. The third-order valence-corrected chi connectivity index (χ3v) is 3.98. The summed E-state index contributed by atoms with van der Waals surface area (Å²) in [5.41, 5.74) is 5.72. The second kappa shape index (κ2) is 7.40. The van der Waals surface area contributed by atoms with Gasteiger partial charge in [0.1, 0.15) is 0 Å². The van der Waals surface area contributed by atoms with E-state index in [1.54, 1.807) is 14.2 Å². The Bertz CT molecular complexity index is 228. The lowest BCUT2D eigenvalue weighted by atomic mass is 9.97. The number of methoxy groups -OCH3 is 2. The Hall–Kier alpha value is -0.200. The molecular formula is C13H29N3O2. The fraction of sp³-hybridized carbons (Fsp3) is 1.00. The van der Waals surface area contributed by atoms with Gasteiger partial charge in [-0.2, -0.15) is 0 Å². The van der Waals surface area contributed by atoms with E-state index in [1.807, 2.05) is 0 Å². The van der Waals surface area contributed by atoms with Crippen LogP contribution < -0.4 is 5.73 Å².